The van der Waals surface area contributed by atoms with Gasteiger partial charge in [0.25, 0.3) is 0 Å². The average molecular weight is 416 g/mol. The summed E-state index contributed by atoms with van der Waals surface area (Å²) in [5.74, 6) is 0. The minimum atomic E-state index is 0.679. The maximum atomic E-state index is 5.67. The zero-order chi connectivity index (χ0) is 14.7. The van der Waals surface area contributed by atoms with Gasteiger partial charge in [-0.1, -0.05) is 0 Å². The van der Waals surface area contributed by atoms with Crippen molar-refractivity contribution >= 4 is 26.3 Å². The van der Waals surface area contributed by atoms with Crippen molar-refractivity contribution in [3.8, 4) is 0 Å². The van der Waals surface area contributed by atoms with Crippen LogP contribution >= 0.6 is 0 Å². The van der Waals surface area contributed by atoms with E-state index in [0.717, 1.165) is 24.2 Å². The van der Waals surface area contributed by atoms with Gasteiger partial charge in [0.1, 0.15) is 0 Å². The first kappa shape index (κ1) is 21.0. The Hall–Kier alpha value is 0.959. The number of rotatable bonds is 17. The van der Waals surface area contributed by atoms with Gasteiger partial charge in [-0.2, -0.15) is 0 Å². The number of hydrogen-bond acceptors (Lipinski definition) is 2. The van der Waals surface area contributed by atoms with E-state index in [-0.39, 0.29) is 0 Å². The summed E-state index contributed by atoms with van der Waals surface area (Å²) < 4.78 is 11.3. The molecule has 0 heterocycles. The Morgan fingerprint density at radius 3 is 1.35 bits per heavy atom. The summed E-state index contributed by atoms with van der Waals surface area (Å²) in [5, 5.41) is 0. The molecule has 0 bridgehead atoms. The Labute approximate surface area is 138 Å². The molecule has 0 aliphatic heterocycles. The summed E-state index contributed by atoms with van der Waals surface area (Å²) in [7, 11) is 0. The van der Waals surface area contributed by atoms with Crippen LogP contribution in [0.5, 0.6) is 0 Å². The van der Waals surface area contributed by atoms with Crippen molar-refractivity contribution in [2.24, 2.45) is 0 Å². The van der Waals surface area contributed by atoms with E-state index in [9.17, 15) is 0 Å². The molecule has 0 unspecified atom stereocenters. The van der Waals surface area contributed by atoms with Crippen LogP contribution in [0.2, 0.25) is 0 Å². The quantitative estimate of drug-likeness (QED) is 0.261. The van der Waals surface area contributed by atoms with Crippen molar-refractivity contribution in [1.29, 1.82) is 0 Å². The Morgan fingerprint density at radius 2 is 0.950 bits per heavy atom. The molecule has 0 aliphatic rings. The van der Waals surface area contributed by atoms with Gasteiger partial charge in [-0.25, -0.2) is 0 Å². The molecule has 0 amide bonds. The molecule has 0 saturated carbocycles. The van der Waals surface area contributed by atoms with Crippen molar-refractivity contribution in [2.75, 3.05) is 24.2 Å². The van der Waals surface area contributed by atoms with Gasteiger partial charge < -0.3 is 0 Å². The SMILES string of the molecule is CCCCCCCOC[Se][Se]COCCCCCCC. The molecule has 0 aliphatic carbocycles. The number of unbranched alkanes of at least 4 members (excludes halogenated alkanes) is 8. The van der Waals surface area contributed by atoms with Gasteiger partial charge in [0, 0.05) is 0 Å². The summed E-state index contributed by atoms with van der Waals surface area (Å²) in [6.07, 6.45) is 13.3. The van der Waals surface area contributed by atoms with Gasteiger partial charge >= 0.3 is 138 Å². The number of hydrogen-bond donors (Lipinski definition) is 0. The molecular formula is C16H34O2Se2. The van der Waals surface area contributed by atoms with E-state index >= 15 is 0 Å². The molecule has 2 nitrogen and oxygen atoms in total. The molecule has 0 atom stereocenters. The summed E-state index contributed by atoms with van der Waals surface area (Å²) >= 11 is 1.36. The second-order valence-electron chi connectivity index (χ2n) is 5.12. The molecule has 122 valence electrons. The van der Waals surface area contributed by atoms with Crippen molar-refractivity contribution in [2.45, 2.75) is 78.1 Å². The first-order chi connectivity index (χ1) is 9.91. The van der Waals surface area contributed by atoms with E-state index in [1.54, 1.807) is 0 Å². The van der Waals surface area contributed by atoms with Crippen LogP contribution in [0.3, 0.4) is 0 Å². The van der Waals surface area contributed by atoms with Crippen molar-refractivity contribution in [3.63, 3.8) is 0 Å². The van der Waals surface area contributed by atoms with Crippen LogP contribution in [0.25, 0.3) is 0 Å². The third-order valence-corrected chi connectivity index (χ3v) is 8.50. The Balaban J connectivity index is 2.89. The van der Waals surface area contributed by atoms with E-state index in [0.29, 0.717) is 26.3 Å². The molecular weight excluding hydrogens is 382 g/mol. The average Bonchev–Trinajstić information content (AvgIpc) is 2.47. The molecule has 0 rings (SSSR count). The molecule has 20 heavy (non-hydrogen) atoms. The van der Waals surface area contributed by atoms with Crippen molar-refractivity contribution in [3.05, 3.63) is 0 Å². The molecule has 0 spiro atoms. The van der Waals surface area contributed by atoms with Crippen molar-refractivity contribution < 1.29 is 9.47 Å². The summed E-state index contributed by atoms with van der Waals surface area (Å²) in [6.45, 7) is 6.46. The Morgan fingerprint density at radius 1 is 0.550 bits per heavy atom. The standard InChI is InChI=1S/C16H34O2Se2/c1-3-5-7-9-11-13-17-15-19-20-16-18-14-12-10-8-6-4-2/h3-16H2,1-2H3. The second kappa shape index (κ2) is 20.0. The van der Waals surface area contributed by atoms with E-state index < -0.39 is 0 Å². The second-order valence-corrected chi connectivity index (χ2v) is 12.2. The minimum absolute atomic E-state index is 0.679. The summed E-state index contributed by atoms with van der Waals surface area (Å²) in [4.78, 5) is 0. The monoisotopic (exact) mass is 418 g/mol. The molecule has 0 fully saturated rings. The number of ether oxygens (including phenoxy) is 2. The van der Waals surface area contributed by atoms with Gasteiger partial charge in [-0.3, -0.25) is 0 Å². The predicted molar refractivity (Wildman–Crippen MR) is 90.7 cm³/mol. The van der Waals surface area contributed by atoms with Crippen LogP contribution in [0, 0.1) is 0 Å². The zero-order valence-electron chi connectivity index (χ0n) is 13.5. The molecule has 4 heteroatoms. The Kier molecular flexibility index (Phi) is 20.9. The summed E-state index contributed by atoms with van der Waals surface area (Å²) in [6, 6.07) is 0. The molecule has 0 radical (unpaired) electrons. The molecule has 0 aromatic heterocycles. The van der Waals surface area contributed by atoms with Crippen LogP contribution in [-0.2, 0) is 9.47 Å². The maximum absolute atomic E-state index is 5.67. The van der Waals surface area contributed by atoms with Crippen LogP contribution in [-0.4, -0.2) is 50.5 Å². The van der Waals surface area contributed by atoms with Gasteiger partial charge in [-0.05, 0) is 0 Å². The van der Waals surface area contributed by atoms with Crippen LogP contribution < -0.4 is 0 Å². The first-order valence-corrected chi connectivity index (χ1v) is 15.1. The van der Waals surface area contributed by atoms with Crippen LogP contribution in [0.15, 0.2) is 0 Å². The van der Waals surface area contributed by atoms with E-state index in [1.165, 1.54) is 64.2 Å². The molecule has 0 N–H and O–H groups in total. The van der Waals surface area contributed by atoms with E-state index in [1.807, 2.05) is 0 Å². The molecule has 0 aromatic carbocycles. The first-order valence-electron chi connectivity index (χ1n) is 8.31. The van der Waals surface area contributed by atoms with Gasteiger partial charge in [0.15, 0.2) is 0 Å². The van der Waals surface area contributed by atoms with Gasteiger partial charge in [-0.15, -0.1) is 0 Å². The van der Waals surface area contributed by atoms with Gasteiger partial charge in [0.2, 0.25) is 0 Å². The van der Waals surface area contributed by atoms with Crippen LogP contribution in [0.4, 0.5) is 0 Å². The van der Waals surface area contributed by atoms with Gasteiger partial charge in [0.05, 0.1) is 0 Å². The Bertz CT molecular complexity index is 151. The van der Waals surface area contributed by atoms with E-state index in [4.69, 9.17) is 9.47 Å². The summed E-state index contributed by atoms with van der Waals surface area (Å²) in [5.41, 5.74) is 2.00. The molecule has 0 aromatic rings. The van der Waals surface area contributed by atoms with E-state index in [2.05, 4.69) is 13.8 Å². The fourth-order valence-corrected chi connectivity index (χ4v) is 5.90. The third-order valence-electron chi connectivity index (χ3n) is 3.13. The predicted octanol–water partition coefficient (Wildman–Crippen LogP) is 4.20. The van der Waals surface area contributed by atoms with Crippen molar-refractivity contribution in [1.82, 2.24) is 0 Å². The fourth-order valence-electron chi connectivity index (χ4n) is 1.87. The molecule has 0 saturated heterocycles. The normalized spacial score (nSPS) is 11.1. The topological polar surface area (TPSA) is 18.5 Å². The van der Waals surface area contributed by atoms with Crippen LogP contribution in [0.1, 0.15) is 78.1 Å². The third kappa shape index (κ3) is 19.0. The zero-order valence-corrected chi connectivity index (χ0v) is 17.0. The fraction of sp³-hybridized carbons (Fsp3) is 1.00.